The minimum Gasteiger partial charge on any atom is -0.382 e. The zero-order chi connectivity index (χ0) is 27.7. The number of anilines is 1. The molecule has 14 heteroatoms. The molecule has 1 saturated heterocycles. The summed E-state index contributed by atoms with van der Waals surface area (Å²) in [6, 6.07) is 14.3. The van der Waals surface area contributed by atoms with Crippen LogP contribution in [0, 0.1) is 0 Å². The van der Waals surface area contributed by atoms with Crippen LogP contribution in [0.15, 0.2) is 69.8 Å². The Bertz CT molecular complexity index is 1550. The number of thiophene rings is 1. The summed E-state index contributed by atoms with van der Waals surface area (Å²) < 4.78 is 89.9. The van der Waals surface area contributed by atoms with Crippen LogP contribution < -0.4 is 11.1 Å². The standard InChI is InChI=1S/C24H24F3N3O5S3/c25-24(26,27)37(32,33)20-6-3-5-18(15-20)29-17-10-12-30(13-11-17)38(34,35)22-9-8-19(36-22)14-16-4-1-2-7-21(16)23(28)31/h1-9,15,17,29H,10-14H2,(H2,28,31). The first-order valence-electron chi connectivity index (χ1n) is 11.4. The van der Waals surface area contributed by atoms with Crippen LogP contribution in [0.5, 0.6) is 0 Å². The van der Waals surface area contributed by atoms with Crippen molar-refractivity contribution in [3.8, 4) is 0 Å². The first-order chi connectivity index (χ1) is 17.8. The largest absolute Gasteiger partial charge is 0.501 e. The van der Waals surface area contributed by atoms with Gasteiger partial charge in [0.1, 0.15) is 4.21 Å². The van der Waals surface area contributed by atoms with E-state index >= 15 is 0 Å². The molecule has 0 saturated carbocycles. The van der Waals surface area contributed by atoms with Crippen molar-refractivity contribution < 1.29 is 34.8 Å². The topological polar surface area (TPSA) is 127 Å². The Labute approximate surface area is 222 Å². The number of carbonyl (C=O) groups excluding carboxylic acids is 1. The first-order valence-corrected chi connectivity index (χ1v) is 15.2. The maximum Gasteiger partial charge on any atom is 0.501 e. The van der Waals surface area contributed by atoms with Crippen molar-refractivity contribution in [2.45, 2.75) is 39.9 Å². The van der Waals surface area contributed by atoms with Crippen LogP contribution in [-0.4, -0.2) is 51.7 Å². The molecule has 204 valence electrons. The SMILES string of the molecule is NC(=O)c1ccccc1Cc1ccc(S(=O)(=O)N2CCC(Nc3cccc(S(=O)(=O)C(F)(F)F)c3)CC2)s1. The number of alkyl halides is 3. The first kappa shape index (κ1) is 28.1. The molecule has 0 atom stereocenters. The number of rotatable bonds is 8. The van der Waals surface area contributed by atoms with Crippen LogP contribution in [0.3, 0.4) is 0 Å². The van der Waals surface area contributed by atoms with E-state index in [-0.39, 0.29) is 29.0 Å². The Morgan fingerprint density at radius 2 is 1.68 bits per heavy atom. The van der Waals surface area contributed by atoms with E-state index in [4.69, 9.17) is 5.73 Å². The van der Waals surface area contributed by atoms with Crippen LogP contribution in [0.2, 0.25) is 0 Å². The highest BCUT2D eigenvalue weighted by Crippen LogP contribution is 2.32. The van der Waals surface area contributed by atoms with Gasteiger partial charge in [-0.2, -0.15) is 17.5 Å². The summed E-state index contributed by atoms with van der Waals surface area (Å²) in [6.07, 6.45) is 1.10. The maximum absolute atomic E-state index is 13.2. The van der Waals surface area contributed by atoms with Crippen molar-refractivity contribution in [3.05, 3.63) is 76.7 Å². The summed E-state index contributed by atoms with van der Waals surface area (Å²) in [6.45, 7) is 0.358. The molecule has 0 spiro atoms. The molecular formula is C24H24F3N3O5S3. The molecule has 2 aromatic carbocycles. The van der Waals surface area contributed by atoms with E-state index in [1.54, 1.807) is 30.3 Å². The number of primary amides is 1. The van der Waals surface area contributed by atoms with Gasteiger partial charge in [-0.15, -0.1) is 11.3 Å². The van der Waals surface area contributed by atoms with Gasteiger partial charge in [0, 0.05) is 41.7 Å². The molecule has 1 aromatic heterocycles. The van der Waals surface area contributed by atoms with Gasteiger partial charge in [0.15, 0.2) is 0 Å². The zero-order valence-corrected chi connectivity index (χ0v) is 22.3. The molecule has 0 aliphatic carbocycles. The van der Waals surface area contributed by atoms with Gasteiger partial charge in [-0.3, -0.25) is 4.79 Å². The number of benzene rings is 2. The minimum absolute atomic E-state index is 0.167. The van der Waals surface area contributed by atoms with E-state index in [1.165, 1.54) is 22.5 Å². The molecule has 0 bridgehead atoms. The number of halogens is 3. The second kappa shape index (κ2) is 10.7. The number of carbonyl (C=O) groups is 1. The lowest BCUT2D eigenvalue weighted by Gasteiger charge is -2.31. The van der Waals surface area contributed by atoms with Gasteiger partial charge in [-0.05, 0) is 54.8 Å². The smallest absolute Gasteiger partial charge is 0.382 e. The van der Waals surface area contributed by atoms with Crippen molar-refractivity contribution >= 4 is 42.8 Å². The highest BCUT2D eigenvalue weighted by atomic mass is 32.2. The Kier molecular flexibility index (Phi) is 7.89. The van der Waals surface area contributed by atoms with Gasteiger partial charge in [-0.25, -0.2) is 16.8 Å². The monoisotopic (exact) mass is 587 g/mol. The Hall–Kier alpha value is -2.94. The fourth-order valence-electron chi connectivity index (χ4n) is 4.18. The predicted octanol–water partition coefficient (Wildman–Crippen LogP) is 4.00. The quantitative estimate of drug-likeness (QED) is 0.410. The van der Waals surface area contributed by atoms with Crippen LogP contribution in [0.1, 0.15) is 33.6 Å². The van der Waals surface area contributed by atoms with Crippen molar-refractivity contribution in [2.24, 2.45) is 5.73 Å². The summed E-state index contributed by atoms with van der Waals surface area (Å²) in [5.41, 5.74) is 1.30. The lowest BCUT2D eigenvalue weighted by molar-refractivity contribution is -0.0436. The Morgan fingerprint density at radius 3 is 2.34 bits per heavy atom. The second-order valence-corrected chi connectivity index (χ2v) is 14.0. The highest BCUT2D eigenvalue weighted by Gasteiger charge is 2.47. The van der Waals surface area contributed by atoms with E-state index in [0.29, 0.717) is 30.4 Å². The lowest BCUT2D eigenvalue weighted by Crippen LogP contribution is -2.42. The summed E-state index contributed by atoms with van der Waals surface area (Å²) in [4.78, 5) is 11.6. The Morgan fingerprint density at radius 1 is 1.00 bits per heavy atom. The third-order valence-electron chi connectivity index (χ3n) is 6.15. The number of nitrogens with two attached hydrogens (primary N) is 1. The molecule has 1 amide bonds. The number of amides is 1. The van der Waals surface area contributed by atoms with Crippen molar-refractivity contribution in [1.29, 1.82) is 0 Å². The van der Waals surface area contributed by atoms with Crippen molar-refractivity contribution in [1.82, 2.24) is 4.31 Å². The Balaban J connectivity index is 1.40. The summed E-state index contributed by atoms with van der Waals surface area (Å²) in [7, 11) is -9.24. The van der Waals surface area contributed by atoms with Gasteiger partial charge in [0.2, 0.25) is 5.91 Å². The van der Waals surface area contributed by atoms with Gasteiger partial charge in [0.05, 0.1) is 4.90 Å². The minimum atomic E-state index is -5.47. The fraction of sp³-hybridized carbons (Fsp3) is 0.292. The van der Waals surface area contributed by atoms with Crippen LogP contribution in [0.25, 0.3) is 0 Å². The average molecular weight is 588 g/mol. The number of hydrogen-bond acceptors (Lipinski definition) is 7. The fourth-order valence-corrected chi connectivity index (χ4v) is 7.99. The summed E-state index contributed by atoms with van der Waals surface area (Å²) >= 11 is 1.11. The van der Waals surface area contributed by atoms with Gasteiger partial charge in [-0.1, -0.05) is 24.3 Å². The molecule has 4 rings (SSSR count). The molecule has 3 N–H and O–H groups in total. The van der Waals surface area contributed by atoms with Crippen LogP contribution >= 0.6 is 11.3 Å². The van der Waals surface area contributed by atoms with E-state index in [0.717, 1.165) is 28.3 Å². The highest BCUT2D eigenvalue weighted by molar-refractivity contribution is 7.92. The number of nitrogens with zero attached hydrogens (tertiary/aromatic N) is 1. The number of sulfone groups is 1. The molecule has 8 nitrogen and oxygen atoms in total. The van der Waals surface area contributed by atoms with Crippen molar-refractivity contribution in [2.75, 3.05) is 18.4 Å². The zero-order valence-electron chi connectivity index (χ0n) is 19.8. The van der Waals surface area contributed by atoms with E-state index in [9.17, 15) is 34.8 Å². The third-order valence-corrected chi connectivity index (χ3v) is 11.1. The third kappa shape index (κ3) is 5.87. The van der Waals surface area contributed by atoms with Crippen LogP contribution in [-0.2, 0) is 26.3 Å². The lowest BCUT2D eigenvalue weighted by atomic mass is 10.0. The van der Waals surface area contributed by atoms with Gasteiger partial charge in [0.25, 0.3) is 19.9 Å². The normalized spacial score (nSPS) is 15.9. The predicted molar refractivity (Wildman–Crippen MR) is 137 cm³/mol. The molecule has 1 fully saturated rings. The summed E-state index contributed by atoms with van der Waals surface area (Å²) in [5, 5.41) is 3.01. The number of sulfonamides is 1. The number of piperidine rings is 1. The molecule has 0 unspecified atom stereocenters. The molecule has 1 aliphatic rings. The molecular weight excluding hydrogens is 563 g/mol. The van der Waals surface area contributed by atoms with E-state index in [2.05, 4.69) is 5.32 Å². The second-order valence-electron chi connectivity index (χ2n) is 8.72. The van der Waals surface area contributed by atoms with Gasteiger partial charge >= 0.3 is 5.51 Å². The maximum atomic E-state index is 13.2. The molecule has 3 aromatic rings. The summed E-state index contributed by atoms with van der Waals surface area (Å²) in [5.74, 6) is -0.560. The van der Waals surface area contributed by atoms with E-state index in [1.807, 2.05) is 0 Å². The van der Waals surface area contributed by atoms with E-state index < -0.39 is 36.2 Å². The number of hydrogen-bond donors (Lipinski definition) is 2. The molecule has 2 heterocycles. The van der Waals surface area contributed by atoms with Crippen LogP contribution in [0.4, 0.5) is 18.9 Å². The molecule has 1 aliphatic heterocycles. The average Bonchev–Trinajstić information content (AvgIpc) is 3.33. The van der Waals surface area contributed by atoms with Gasteiger partial charge < -0.3 is 11.1 Å². The number of nitrogens with one attached hydrogen (secondary N) is 1. The van der Waals surface area contributed by atoms with Crippen molar-refractivity contribution in [3.63, 3.8) is 0 Å². The molecule has 0 radical (unpaired) electrons. The molecule has 38 heavy (non-hydrogen) atoms.